The number of aliphatic hydroxyl groups excluding tert-OH is 1. The van der Waals surface area contributed by atoms with Crippen LogP contribution in [-0.2, 0) is 11.3 Å². The molecule has 1 unspecified atom stereocenters. The van der Waals surface area contributed by atoms with Crippen LogP contribution < -0.4 is 5.32 Å². The largest absolute Gasteiger partial charge is 0.393 e. The van der Waals surface area contributed by atoms with Crippen molar-refractivity contribution < 1.29 is 14.7 Å². The van der Waals surface area contributed by atoms with Crippen molar-refractivity contribution in [1.82, 2.24) is 15.1 Å². The first-order valence-corrected chi connectivity index (χ1v) is 11.8. The van der Waals surface area contributed by atoms with Crippen molar-refractivity contribution in [3.05, 3.63) is 29.5 Å². The summed E-state index contributed by atoms with van der Waals surface area (Å²) in [6.07, 6.45) is 4.22. The second-order valence-electron chi connectivity index (χ2n) is 10.3. The maximum Gasteiger partial charge on any atom is 0.273 e. The van der Waals surface area contributed by atoms with Crippen molar-refractivity contribution in [1.29, 1.82) is 5.26 Å². The molecule has 1 aromatic heterocycles. The second kappa shape index (κ2) is 11.4. The molecule has 1 heterocycles. The van der Waals surface area contributed by atoms with Gasteiger partial charge in [-0.05, 0) is 62.5 Å². The van der Waals surface area contributed by atoms with Gasteiger partial charge in [0.05, 0.1) is 23.7 Å². The average molecular weight is 455 g/mol. The SMILES string of the molecule is CC(=O)C(NC(=O)c1nn(CCCCC#N)c2cc(C)ccc12)C(C)(C)C.CC1CC(O)C1. The summed E-state index contributed by atoms with van der Waals surface area (Å²) in [6.45, 7) is 12.1. The highest BCUT2D eigenvalue weighted by Gasteiger charge is 2.31. The fourth-order valence-electron chi connectivity index (χ4n) is 4.07. The van der Waals surface area contributed by atoms with Gasteiger partial charge in [-0.15, -0.1) is 0 Å². The molecule has 7 nitrogen and oxygen atoms in total. The first-order chi connectivity index (χ1) is 15.4. The molecular formula is C26H38N4O3. The highest BCUT2D eigenvalue weighted by Crippen LogP contribution is 2.25. The van der Waals surface area contributed by atoms with Crippen LogP contribution in [0.25, 0.3) is 10.9 Å². The van der Waals surface area contributed by atoms with E-state index in [1.807, 2.05) is 50.6 Å². The van der Waals surface area contributed by atoms with Crippen molar-refractivity contribution in [3.8, 4) is 6.07 Å². The average Bonchev–Trinajstić information content (AvgIpc) is 3.05. The number of nitrogens with one attached hydrogen (secondary N) is 1. The summed E-state index contributed by atoms with van der Waals surface area (Å²) in [7, 11) is 0. The molecule has 0 bridgehead atoms. The third-order valence-electron chi connectivity index (χ3n) is 5.93. The number of carbonyl (C=O) groups excluding carboxylic acids is 2. The molecule has 1 fully saturated rings. The van der Waals surface area contributed by atoms with E-state index in [0.717, 1.165) is 48.1 Å². The fraction of sp³-hybridized carbons (Fsp3) is 0.615. The van der Waals surface area contributed by atoms with E-state index in [4.69, 9.17) is 10.4 Å². The highest BCUT2D eigenvalue weighted by atomic mass is 16.3. The van der Waals surface area contributed by atoms with Crippen LogP contribution in [0.3, 0.4) is 0 Å². The van der Waals surface area contributed by atoms with E-state index in [2.05, 4.69) is 23.4 Å². The lowest BCUT2D eigenvalue weighted by atomic mass is 9.84. The summed E-state index contributed by atoms with van der Waals surface area (Å²) in [5.41, 5.74) is 1.94. The summed E-state index contributed by atoms with van der Waals surface area (Å²) in [4.78, 5) is 24.9. The molecule has 0 spiro atoms. The summed E-state index contributed by atoms with van der Waals surface area (Å²) in [5, 5.41) is 25.5. The number of aryl methyl sites for hydroxylation is 2. The molecule has 0 aliphatic heterocycles. The molecule has 33 heavy (non-hydrogen) atoms. The number of nitriles is 1. The van der Waals surface area contributed by atoms with Gasteiger partial charge in [0.1, 0.15) is 0 Å². The maximum absolute atomic E-state index is 12.9. The Hall–Kier alpha value is -2.72. The molecule has 1 aliphatic rings. The standard InChI is InChI=1S/C21H28N4O2.C5H10O/c1-14-9-10-16-17(13-14)25(12-8-6-7-11-22)24-18(16)20(27)23-19(15(2)26)21(3,4)5;1-4-2-5(6)3-4/h9-10,13,19H,6-8,12H2,1-5H3,(H,23,27);4-6H,2-3H2,1H3. The maximum atomic E-state index is 12.9. The van der Waals surface area contributed by atoms with Crippen molar-refractivity contribution in [3.63, 3.8) is 0 Å². The van der Waals surface area contributed by atoms with Gasteiger partial charge in [-0.2, -0.15) is 10.4 Å². The Bertz CT molecular complexity index is 1000. The molecule has 3 rings (SSSR count). The monoisotopic (exact) mass is 454 g/mol. The number of fused-ring (bicyclic) bond motifs is 1. The second-order valence-corrected chi connectivity index (χ2v) is 10.3. The summed E-state index contributed by atoms with van der Waals surface area (Å²) in [6, 6.07) is 7.43. The van der Waals surface area contributed by atoms with E-state index < -0.39 is 6.04 Å². The number of unbranched alkanes of at least 4 members (excludes halogenated alkanes) is 2. The summed E-state index contributed by atoms with van der Waals surface area (Å²) in [5.74, 6) is 0.377. The Balaban J connectivity index is 0.000000554. The molecule has 0 radical (unpaired) electrons. The Kier molecular flexibility index (Phi) is 9.18. The van der Waals surface area contributed by atoms with Gasteiger partial charge in [-0.1, -0.05) is 39.8 Å². The lowest BCUT2D eigenvalue weighted by Gasteiger charge is -2.29. The van der Waals surface area contributed by atoms with Crippen LogP contribution in [0.1, 0.15) is 82.8 Å². The van der Waals surface area contributed by atoms with Gasteiger partial charge in [0.15, 0.2) is 11.5 Å². The van der Waals surface area contributed by atoms with Crippen molar-refractivity contribution >= 4 is 22.6 Å². The third kappa shape index (κ3) is 7.40. The minimum atomic E-state index is -0.578. The Morgan fingerprint density at radius 2 is 1.97 bits per heavy atom. The van der Waals surface area contributed by atoms with Crippen LogP contribution in [0.2, 0.25) is 0 Å². The number of hydrogen-bond acceptors (Lipinski definition) is 5. The number of Topliss-reactive ketones (excluding diaryl/α,β-unsaturated/α-hetero) is 1. The van der Waals surface area contributed by atoms with Crippen LogP contribution in [0.5, 0.6) is 0 Å². The minimum absolute atomic E-state index is 0.0417. The first-order valence-electron chi connectivity index (χ1n) is 11.8. The molecule has 7 heteroatoms. The number of ketones is 1. The van der Waals surface area contributed by atoms with Crippen molar-refractivity contribution in [2.24, 2.45) is 11.3 Å². The number of benzene rings is 1. The van der Waals surface area contributed by atoms with E-state index in [0.29, 0.717) is 18.7 Å². The number of nitrogens with zero attached hydrogens (tertiary/aromatic N) is 3. The molecule has 1 atom stereocenters. The van der Waals surface area contributed by atoms with Gasteiger partial charge >= 0.3 is 0 Å². The van der Waals surface area contributed by atoms with Gasteiger partial charge in [-0.25, -0.2) is 0 Å². The Labute approximate surface area is 197 Å². The predicted octanol–water partition coefficient (Wildman–Crippen LogP) is 4.55. The van der Waals surface area contributed by atoms with E-state index >= 15 is 0 Å². The van der Waals surface area contributed by atoms with Gasteiger partial charge in [0.2, 0.25) is 0 Å². The zero-order valence-electron chi connectivity index (χ0n) is 20.8. The van der Waals surface area contributed by atoms with Gasteiger partial charge < -0.3 is 10.4 Å². The molecule has 1 amide bonds. The zero-order chi connectivity index (χ0) is 24.8. The quantitative estimate of drug-likeness (QED) is 0.597. The van der Waals surface area contributed by atoms with Crippen LogP contribution in [0.15, 0.2) is 18.2 Å². The van der Waals surface area contributed by atoms with Gasteiger partial charge in [-0.3, -0.25) is 14.3 Å². The molecule has 0 saturated heterocycles. The smallest absolute Gasteiger partial charge is 0.273 e. The van der Waals surface area contributed by atoms with E-state index in [1.54, 1.807) is 0 Å². The molecule has 2 N–H and O–H groups in total. The fourth-order valence-corrected chi connectivity index (χ4v) is 4.07. The van der Waals surface area contributed by atoms with E-state index in [-0.39, 0.29) is 23.2 Å². The van der Waals surface area contributed by atoms with E-state index in [9.17, 15) is 9.59 Å². The van der Waals surface area contributed by atoms with E-state index in [1.165, 1.54) is 6.92 Å². The lowest BCUT2D eigenvalue weighted by molar-refractivity contribution is -0.121. The van der Waals surface area contributed by atoms with Crippen LogP contribution in [0.4, 0.5) is 0 Å². The summed E-state index contributed by atoms with van der Waals surface area (Å²) >= 11 is 0. The minimum Gasteiger partial charge on any atom is -0.393 e. The number of hydrogen-bond donors (Lipinski definition) is 2. The molecule has 1 saturated carbocycles. The third-order valence-corrected chi connectivity index (χ3v) is 5.93. The zero-order valence-corrected chi connectivity index (χ0v) is 20.8. The van der Waals surface area contributed by atoms with Gasteiger partial charge in [0.25, 0.3) is 5.91 Å². The Morgan fingerprint density at radius 1 is 1.30 bits per heavy atom. The number of aliphatic hydroxyl groups is 1. The number of carbonyl (C=O) groups is 2. The molecule has 1 aromatic carbocycles. The molecule has 180 valence electrons. The van der Waals surface area contributed by atoms with Gasteiger partial charge in [0, 0.05) is 18.4 Å². The van der Waals surface area contributed by atoms with Crippen LogP contribution >= 0.6 is 0 Å². The van der Waals surface area contributed by atoms with Crippen molar-refractivity contribution in [2.45, 2.75) is 92.3 Å². The highest BCUT2D eigenvalue weighted by molar-refractivity contribution is 6.06. The predicted molar refractivity (Wildman–Crippen MR) is 130 cm³/mol. The number of amides is 1. The normalized spacial score (nSPS) is 18.5. The molecule has 2 aromatic rings. The first kappa shape index (κ1) is 26.5. The molecule has 1 aliphatic carbocycles. The topological polar surface area (TPSA) is 108 Å². The van der Waals surface area contributed by atoms with Crippen molar-refractivity contribution in [2.75, 3.05) is 0 Å². The molecular weight excluding hydrogens is 416 g/mol. The lowest BCUT2D eigenvalue weighted by Crippen LogP contribution is -2.48. The number of aromatic nitrogens is 2. The van der Waals surface area contributed by atoms with Crippen LogP contribution in [-0.4, -0.2) is 38.7 Å². The number of rotatable bonds is 7. The van der Waals surface area contributed by atoms with Crippen LogP contribution in [0, 0.1) is 29.6 Å². The Morgan fingerprint density at radius 3 is 2.45 bits per heavy atom. The summed E-state index contributed by atoms with van der Waals surface area (Å²) < 4.78 is 1.83.